The highest BCUT2D eigenvalue weighted by molar-refractivity contribution is 7.92. The molecule has 0 spiro atoms. The molecule has 2 aromatic carbocycles. The fraction of sp³-hybridized carbons (Fsp3) is 0.412. The van der Waals surface area contributed by atoms with Crippen molar-refractivity contribution in [2.75, 3.05) is 28.9 Å². The second-order valence-corrected chi connectivity index (χ2v) is 14.9. The van der Waals surface area contributed by atoms with E-state index in [9.17, 15) is 13.2 Å². The molecule has 1 aliphatic heterocycles. The summed E-state index contributed by atoms with van der Waals surface area (Å²) in [5, 5.41) is 4.23. The first-order valence-electron chi connectivity index (χ1n) is 15.6. The van der Waals surface area contributed by atoms with Gasteiger partial charge in [0.05, 0.1) is 22.7 Å². The van der Waals surface area contributed by atoms with Crippen LogP contribution < -0.4 is 14.8 Å². The van der Waals surface area contributed by atoms with Gasteiger partial charge in [0.2, 0.25) is 21.9 Å². The van der Waals surface area contributed by atoms with Gasteiger partial charge in [0, 0.05) is 42.3 Å². The Morgan fingerprint density at radius 2 is 1.85 bits per heavy atom. The minimum atomic E-state index is -3.79. The van der Waals surface area contributed by atoms with Crippen LogP contribution in [0.3, 0.4) is 0 Å². The molecule has 3 heterocycles. The number of carbonyl (C=O) groups excluding carboxylic acids is 1. The quantitative estimate of drug-likeness (QED) is 0.191. The Hall–Kier alpha value is -4.52. The number of aryl methyl sites for hydroxylation is 1. The van der Waals surface area contributed by atoms with Gasteiger partial charge in [-0.2, -0.15) is 0 Å². The summed E-state index contributed by atoms with van der Waals surface area (Å²) in [6.07, 6.45) is 4.54. The van der Waals surface area contributed by atoms with E-state index in [2.05, 4.69) is 20.0 Å². The van der Waals surface area contributed by atoms with E-state index in [1.54, 1.807) is 61.5 Å². The van der Waals surface area contributed by atoms with Crippen molar-refractivity contribution in [3.8, 4) is 22.9 Å². The molecule has 0 aliphatic carbocycles. The number of fused-ring (bicyclic) bond motifs is 1. The largest absolute Gasteiger partial charge is 0.444 e. The number of halogens is 1. The van der Waals surface area contributed by atoms with Crippen LogP contribution in [-0.4, -0.2) is 64.8 Å². The van der Waals surface area contributed by atoms with Crippen molar-refractivity contribution in [2.24, 2.45) is 5.92 Å². The maximum atomic E-state index is 15.0. The number of pyridine rings is 1. The normalized spacial score (nSPS) is 15.5. The molecule has 13 heteroatoms. The summed E-state index contributed by atoms with van der Waals surface area (Å²) in [5.41, 5.74) is 1.18. The summed E-state index contributed by atoms with van der Waals surface area (Å²) in [7, 11) is -3.79. The number of aromatic nitrogens is 3. The fourth-order valence-corrected chi connectivity index (χ4v) is 6.93. The lowest BCUT2D eigenvalue weighted by atomic mass is 10.0. The maximum absolute atomic E-state index is 15.0. The van der Waals surface area contributed by atoms with Crippen molar-refractivity contribution < 1.29 is 27.1 Å². The summed E-state index contributed by atoms with van der Waals surface area (Å²) in [6.45, 7) is 12.0. The molecule has 1 atom stereocenters. The smallest absolute Gasteiger partial charge is 0.410 e. The lowest BCUT2D eigenvalue weighted by Crippen LogP contribution is -2.47. The van der Waals surface area contributed by atoms with Crippen LogP contribution in [0.4, 0.5) is 20.8 Å². The number of carbonyl (C=O) groups is 1. The predicted octanol–water partition coefficient (Wildman–Crippen LogP) is 7.14. The number of rotatable bonds is 9. The Morgan fingerprint density at radius 3 is 2.60 bits per heavy atom. The number of sulfonamides is 1. The molecule has 2 aromatic heterocycles. The molecule has 1 saturated heterocycles. The Balaban J connectivity index is 1.41. The third kappa shape index (κ3) is 8.45. The van der Waals surface area contributed by atoms with Crippen LogP contribution in [0.5, 0.6) is 11.6 Å². The topological polar surface area (TPSA) is 136 Å². The van der Waals surface area contributed by atoms with Crippen molar-refractivity contribution >= 4 is 38.5 Å². The van der Waals surface area contributed by atoms with Crippen molar-refractivity contribution in [1.82, 2.24) is 19.9 Å². The van der Waals surface area contributed by atoms with Crippen molar-refractivity contribution in [3.05, 3.63) is 66.2 Å². The number of likely N-dealkylation sites (tertiary alicyclic amines) is 1. The van der Waals surface area contributed by atoms with Gasteiger partial charge >= 0.3 is 6.09 Å². The van der Waals surface area contributed by atoms with Gasteiger partial charge < -0.3 is 19.7 Å². The van der Waals surface area contributed by atoms with Crippen LogP contribution in [0.1, 0.15) is 53.0 Å². The molecule has 2 N–H and O–H groups in total. The van der Waals surface area contributed by atoms with Crippen LogP contribution in [0.15, 0.2) is 54.9 Å². The molecule has 5 rings (SSSR count). The SMILES string of the molecule is Cc1ccc2c(NS(=O)(=O)CC(C)C)c(F)ccc2c1Oc1ncccc1-c1ccnc(NC2CCCN(C(=O)OC(C)(C)C)C2)n1. The number of hydrogen-bond donors (Lipinski definition) is 2. The fourth-order valence-electron chi connectivity index (χ4n) is 5.45. The average molecular weight is 665 g/mol. The zero-order valence-corrected chi connectivity index (χ0v) is 28.3. The third-order valence-electron chi connectivity index (χ3n) is 7.42. The molecule has 11 nitrogen and oxygen atoms in total. The average Bonchev–Trinajstić information content (AvgIpc) is 2.99. The Morgan fingerprint density at radius 1 is 1.09 bits per heavy atom. The number of hydrogen-bond acceptors (Lipinski definition) is 9. The highest BCUT2D eigenvalue weighted by atomic mass is 32.2. The number of piperidine rings is 1. The van der Waals surface area contributed by atoms with Crippen LogP contribution >= 0.6 is 0 Å². The molecule has 47 heavy (non-hydrogen) atoms. The summed E-state index contributed by atoms with van der Waals surface area (Å²) in [4.78, 5) is 28.0. The molecule has 0 bridgehead atoms. The molecule has 250 valence electrons. The van der Waals surface area contributed by atoms with E-state index in [0.29, 0.717) is 46.8 Å². The van der Waals surface area contributed by atoms with Crippen molar-refractivity contribution in [3.63, 3.8) is 0 Å². The molecule has 1 fully saturated rings. The van der Waals surface area contributed by atoms with Gasteiger partial charge in [-0.3, -0.25) is 4.72 Å². The zero-order valence-electron chi connectivity index (χ0n) is 27.5. The van der Waals surface area contributed by atoms with Gasteiger partial charge in [0.15, 0.2) is 0 Å². The molecule has 1 aliphatic rings. The van der Waals surface area contributed by atoms with Crippen LogP contribution in [0.25, 0.3) is 22.0 Å². The lowest BCUT2D eigenvalue weighted by Gasteiger charge is -2.34. The highest BCUT2D eigenvalue weighted by Crippen LogP contribution is 2.39. The van der Waals surface area contributed by atoms with Crippen molar-refractivity contribution in [2.45, 2.75) is 66.0 Å². The maximum Gasteiger partial charge on any atom is 0.410 e. The Kier molecular flexibility index (Phi) is 9.85. The van der Waals surface area contributed by atoms with Gasteiger partial charge in [0.1, 0.15) is 17.2 Å². The molecule has 0 radical (unpaired) electrons. The summed E-state index contributed by atoms with van der Waals surface area (Å²) in [6, 6.07) is 11.5. The first-order chi connectivity index (χ1) is 22.2. The number of nitrogens with zero attached hydrogens (tertiary/aromatic N) is 4. The van der Waals surface area contributed by atoms with E-state index in [1.165, 1.54) is 6.07 Å². The Bertz CT molecular complexity index is 1880. The first kappa shape index (κ1) is 33.8. The molecular weight excluding hydrogens is 623 g/mol. The summed E-state index contributed by atoms with van der Waals surface area (Å²) < 4.78 is 54.9. The molecule has 4 aromatic rings. The van der Waals surface area contributed by atoms with E-state index in [-0.39, 0.29) is 35.4 Å². The minimum absolute atomic E-state index is 0.0676. The van der Waals surface area contributed by atoms with Crippen LogP contribution in [0, 0.1) is 18.7 Å². The van der Waals surface area contributed by atoms with E-state index >= 15 is 4.39 Å². The van der Waals surface area contributed by atoms with E-state index < -0.39 is 21.4 Å². The van der Waals surface area contributed by atoms with Crippen LogP contribution in [0.2, 0.25) is 0 Å². The summed E-state index contributed by atoms with van der Waals surface area (Å²) >= 11 is 0. The second-order valence-electron chi connectivity index (χ2n) is 13.1. The first-order valence-corrected chi connectivity index (χ1v) is 17.3. The number of amides is 1. The number of anilines is 2. The van der Waals surface area contributed by atoms with Crippen LogP contribution in [-0.2, 0) is 14.8 Å². The molecule has 1 unspecified atom stereocenters. The number of nitrogens with one attached hydrogen (secondary N) is 2. The van der Waals surface area contributed by atoms with Gasteiger partial charge in [-0.25, -0.2) is 32.6 Å². The van der Waals surface area contributed by atoms with E-state index in [0.717, 1.165) is 18.4 Å². The van der Waals surface area contributed by atoms with E-state index in [4.69, 9.17) is 14.5 Å². The Labute approximate surface area is 275 Å². The monoisotopic (exact) mass is 664 g/mol. The predicted molar refractivity (Wildman–Crippen MR) is 181 cm³/mol. The molecular formula is C34H41FN6O5S. The van der Waals surface area contributed by atoms with Gasteiger partial charge in [-0.05, 0) is 82.3 Å². The number of ether oxygens (including phenoxy) is 2. The van der Waals surface area contributed by atoms with Gasteiger partial charge in [-0.15, -0.1) is 0 Å². The van der Waals surface area contributed by atoms with Gasteiger partial charge in [-0.1, -0.05) is 26.0 Å². The third-order valence-corrected chi connectivity index (χ3v) is 9.04. The van der Waals surface area contributed by atoms with Gasteiger partial charge in [0.25, 0.3) is 0 Å². The second kappa shape index (κ2) is 13.7. The van der Waals surface area contributed by atoms with E-state index in [1.807, 2.05) is 33.8 Å². The minimum Gasteiger partial charge on any atom is -0.444 e. The molecule has 0 saturated carbocycles. The molecule has 1 amide bonds. The zero-order chi connectivity index (χ0) is 33.9. The lowest BCUT2D eigenvalue weighted by molar-refractivity contribution is 0.0206. The standard InChI is InChI=1S/C34H41FN6O5S/c1-21(2)20-47(43,44)40-29-24-12-11-22(3)30(25(24)13-14-27(29)35)45-31-26(10-7-16-36-31)28-15-17-37-32(39-28)38-23-9-8-18-41(19-23)33(42)46-34(4,5)6/h7,10-17,21,23,40H,8-9,18-20H2,1-6H3,(H,37,38,39). The van der Waals surface area contributed by atoms with Crippen molar-refractivity contribution in [1.29, 1.82) is 0 Å². The highest BCUT2D eigenvalue weighted by Gasteiger charge is 2.28. The number of benzene rings is 2. The summed E-state index contributed by atoms with van der Waals surface area (Å²) in [5.74, 6) is 0.0843.